The van der Waals surface area contributed by atoms with Crippen LogP contribution in [0.25, 0.3) is 6.08 Å². The van der Waals surface area contributed by atoms with Gasteiger partial charge >= 0.3 is 0 Å². The third kappa shape index (κ3) is 3.77. The summed E-state index contributed by atoms with van der Waals surface area (Å²) >= 11 is 13.8. The lowest BCUT2D eigenvalue weighted by atomic mass is 10.1. The van der Waals surface area contributed by atoms with Gasteiger partial charge in [0, 0.05) is 25.6 Å². The predicted molar refractivity (Wildman–Crippen MR) is 119 cm³/mol. The van der Waals surface area contributed by atoms with E-state index in [1.165, 1.54) is 13.2 Å². The smallest absolute Gasteiger partial charge is 0.293 e. The second-order valence-electron chi connectivity index (χ2n) is 6.20. The first-order valence-corrected chi connectivity index (χ1v) is 11.2. The summed E-state index contributed by atoms with van der Waals surface area (Å²) in [6.45, 7) is 0.0698. The summed E-state index contributed by atoms with van der Waals surface area (Å²) in [5.74, 6) is 0.596. The molecule has 0 unspecified atom stereocenters. The van der Waals surface area contributed by atoms with Crippen LogP contribution >= 0.6 is 55.2 Å². The van der Waals surface area contributed by atoms with Gasteiger partial charge in [-0.15, -0.1) is 0 Å². The molecular formula is C19H12Br2ClNO6S. The molecule has 0 saturated carbocycles. The molecule has 2 amide bonds. The highest BCUT2D eigenvalue weighted by atomic mass is 79.9. The van der Waals surface area contributed by atoms with E-state index in [9.17, 15) is 14.7 Å². The maximum atomic E-state index is 12.9. The van der Waals surface area contributed by atoms with E-state index in [1.54, 1.807) is 18.2 Å². The van der Waals surface area contributed by atoms with Crippen molar-refractivity contribution in [3.8, 4) is 23.0 Å². The Morgan fingerprint density at radius 1 is 1.27 bits per heavy atom. The molecule has 2 aromatic rings. The van der Waals surface area contributed by atoms with Crippen LogP contribution in [-0.4, -0.2) is 35.1 Å². The molecule has 156 valence electrons. The lowest BCUT2D eigenvalue weighted by Gasteiger charge is -2.14. The number of rotatable bonds is 4. The zero-order chi connectivity index (χ0) is 21.6. The Kier molecular flexibility index (Phi) is 5.93. The molecule has 0 aliphatic carbocycles. The number of imide groups is 1. The number of hydrogen-bond acceptors (Lipinski definition) is 7. The summed E-state index contributed by atoms with van der Waals surface area (Å²) < 4.78 is 16.9. The monoisotopic (exact) mass is 575 g/mol. The van der Waals surface area contributed by atoms with E-state index in [0.717, 1.165) is 16.7 Å². The highest BCUT2D eigenvalue weighted by molar-refractivity contribution is 9.13. The van der Waals surface area contributed by atoms with Crippen molar-refractivity contribution in [2.45, 2.75) is 6.54 Å². The average Bonchev–Trinajstić information content (AvgIpc) is 3.27. The zero-order valence-corrected chi connectivity index (χ0v) is 19.9. The number of aromatic hydroxyl groups is 1. The van der Waals surface area contributed by atoms with Gasteiger partial charge in [-0.05, 0) is 67.4 Å². The number of carbonyl (C=O) groups excluding carboxylic acids is 2. The molecule has 2 aliphatic heterocycles. The van der Waals surface area contributed by atoms with Gasteiger partial charge in [0.25, 0.3) is 11.1 Å². The van der Waals surface area contributed by atoms with Gasteiger partial charge in [-0.25, -0.2) is 0 Å². The Bertz CT molecular complexity index is 1120. The SMILES string of the molecule is COc1cc(Br)c(Br)c(/C=C2\SC(=O)N(Cc3cc4c(cc3Cl)OCO4)C2=O)c1O. The summed E-state index contributed by atoms with van der Waals surface area (Å²) in [6.07, 6.45) is 1.44. The molecule has 11 heteroatoms. The standard InChI is InChI=1S/C19H12Br2ClNO6S/c1-27-14-4-10(20)16(21)9(17(14)24)3-15-18(25)23(19(26)30-15)6-8-2-12-13(5-11(8)22)29-7-28-12/h2-5,24H,6-7H2,1H3/b15-3-. The molecule has 2 heterocycles. The largest absolute Gasteiger partial charge is 0.504 e. The molecule has 7 nitrogen and oxygen atoms in total. The Hall–Kier alpha value is -1.88. The van der Waals surface area contributed by atoms with Crippen LogP contribution in [0.15, 0.2) is 32.0 Å². The summed E-state index contributed by atoms with van der Waals surface area (Å²) in [6, 6.07) is 4.83. The van der Waals surface area contributed by atoms with E-state index in [-0.39, 0.29) is 29.7 Å². The number of ether oxygens (including phenoxy) is 3. The summed E-state index contributed by atoms with van der Waals surface area (Å²) in [5.41, 5.74) is 0.866. The quantitative estimate of drug-likeness (QED) is 0.478. The van der Waals surface area contributed by atoms with Crippen molar-refractivity contribution >= 4 is 72.4 Å². The number of nitrogens with zero attached hydrogens (tertiary/aromatic N) is 1. The van der Waals surface area contributed by atoms with Gasteiger partial charge in [-0.3, -0.25) is 14.5 Å². The fourth-order valence-corrected chi connectivity index (χ4v) is 4.79. The van der Waals surface area contributed by atoms with E-state index in [0.29, 0.717) is 36.6 Å². The van der Waals surface area contributed by atoms with Crippen LogP contribution in [0.5, 0.6) is 23.0 Å². The normalized spacial score (nSPS) is 16.7. The number of hydrogen-bond donors (Lipinski definition) is 1. The van der Waals surface area contributed by atoms with E-state index in [4.69, 9.17) is 25.8 Å². The number of fused-ring (bicyclic) bond motifs is 1. The van der Waals surface area contributed by atoms with Gasteiger partial charge in [0.05, 0.1) is 18.6 Å². The van der Waals surface area contributed by atoms with E-state index in [2.05, 4.69) is 31.9 Å². The molecule has 0 aromatic heterocycles. The predicted octanol–water partition coefficient (Wildman–Crippen LogP) is 5.54. The van der Waals surface area contributed by atoms with Gasteiger partial charge in [0.1, 0.15) is 0 Å². The number of halogens is 3. The lowest BCUT2D eigenvalue weighted by Crippen LogP contribution is -2.27. The zero-order valence-electron chi connectivity index (χ0n) is 15.2. The summed E-state index contributed by atoms with van der Waals surface area (Å²) in [4.78, 5) is 26.7. The van der Waals surface area contributed by atoms with Crippen LogP contribution in [0, 0.1) is 0 Å². The van der Waals surface area contributed by atoms with E-state index < -0.39 is 11.1 Å². The fraction of sp³-hybridized carbons (Fsp3) is 0.158. The molecule has 0 radical (unpaired) electrons. The molecule has 0 atom stereocenters. The van der Waals surface area contributed by atoms with Gasteiger partial charge in [-0.1, -0.05) is 11.6 Å². The second-order valence-corrected chi connectivity index (χ2v) is 9.25. The molecule has 1 fully saturated rings. The molecule has 1 saturated heterocycles. The maximum Gasteiger partial charge on any atom is 0.293 e. The molecule has 0 bridgehead atoms. The highest BCUT2D eigenvalue weighted by Gasteiger charge is 2.36. The number of benzene rings is 2. The van der Waals surface area contributed by atoms with Crippen LogP contribution < -0.4 is 14.2 Å². The van der Waals surface area contributed by atoms with Crippen molar-refractivity contribution in [2.75, 3.05) is 13.9 Å². The van der Waals surface area contributed by atoms with Crippen molar-refractivity contribution in [3.05, 3.63) is 48.2 Å². The molecule has 2 aliphatic rings. The third-order valence-electron chi connectivity index (χ3n) is 4.43. The number of methoxy groups -OCH3 is 1. The van der Waals surface area contributed by atoms with Gasteiger partial charge in [0.15, 0.2) is 23.0 Å². The maximum absolute atomic E-state index is 12.9. The van der Waals surface area contributed by atoms with Crippen LogP contribution in [0.1, 0.15) is 11.1 Å². The Morgan fingerprint density at radius 3 is 2.67 bits per heavy atom. The minimum Gasteiger partial charge on any atom is -0.504 e. The minimum absolute atomic E-state index is 0.0214. The first-order chi connectivity index (χ1) is 14.3. The number of amides is 2. The second kappa shape index (κ2) is 8.33. The third-order valence-corrected chi connectivity index (χ3v) is 7.70. The average molecular weight is 578 g/mol. The van der Waals surface area contributed by atoms with Crippen molar-refractivity contribution < 1.29 is 28.9 Å². The van der Waals surface area contributed by atoms with Crippen LogP contribution in [0.3, 0.4) is 0 Å². The molecule has 2 aromatic carbocycles. The lowest BCUT2D eigenvalue weighted by molar-refractivity contribution is -0.123. The van der Waals surface area contributed by atoms with Crippen LogP contribution in [0.2, 0.25) is 5.02 Å². The molecule has 0 spiro atoms. The van der Waals surface area contributed by atoms with Crippen molar-refractivity contribution in [2.24, 2.45) is 0 Å². The van der Waals surface area contributed by atoms with Gasteiger partial charge < -0.3 is 19.3 Å². The Labute approximate surface area is 197 Å². The fourth-order valence-electron chi connectivity index (χ4n) is 2.92. The Balaban J connectivity index is 1.65. The van der Waals surface area contributed by atoms with Crippen LogP contribution in [-0.2, 0) is 11.3 Å². The van der Waals surface area contributed by atoms with Crippen molar-refractivity contribution in [3.63, 3.8) is 0 Å². The first kappa shape index (κ1) is 21.4. The summed E-state index contributed by atoms with van der Waals surface area (Å²) in [7, 11) is 1.42. The topological polar surface area (TPSA) is 85.3 Å². The summed E-state index contributed by atoms with van der Waals surface area (Å²) in [5, 5.41) is 10.4. The molecule has 30 heavy (non-hydrogen) atoms. The molecular weight excluding hydrogens is 566 g/mol. The number of thioether (sulfide) groups is 1. The molecule has 4 rings (SSSR count). The number of phenols is 1. The Morgan fingerprint density at radius 2 is 1.97 bits per heavy atom. The van der Waals surface area contributed by atoms with E-state index in [1.807, 2.05) is 0 Å². The van der Waals surface area contributed by atoms with E-state index >= 15 is 0 Å². The molecule has 1 N–H and O–H groups in total. The van der Waals surface area contributed by atoms with Crippen molar-refractivity contribution in [1.29, 1.82) is 0 Å². The van der Waals surface area contributed by atoms with Crippen LogP contribution in [0.4, 0.5) is 4.79 Å². The van der Waals surface area contributed by atoms with Gasteiger partial charge in [0.2, 0.25) is 6.79 Å². The first-order valence-electron chi connectivity index (χ1n) is 8.38. The minimum atomic E-state index is -0.496. The number of carbonyl (C=O) groups is 2. The van der Waals surface area contributed by atoms with Crippen molar-refractivity contribution in [1.82, 2.24) is 4.90 Å². The van der Waals surface area contributed by atoms with Gasteiger partial charge in [-0.2, -0.15) is 0 Å². The highest BCUT2D eigenvalue weighted by Crippen LogP contribution is 2.44. The number of phenolic OH excluding ortho intramolecular Hbond substituents is 1.